The molecule has 1 aromatic heterocycles. The Balaban J connectivity index is 1.64. The van der Waals surface area contributed by atoms with Gasteiger partial charge in [0.05, 0.1) is 23.5 Å². The summed E-state index contributed by atoms with van der Waals surface area (Å²) in [6, 6.07) is 25.1. The van der Waals surface area contributed by atoms with Crippen LogP contribution < -0.4 is 16.1 Å². The van der Waals surface area contributed by atoms with Gasteiger partial charge in [-0.2, -0.15) is 0 Å². The number of hydrogen-bond donors (Lipinski definition) is 2. The van der Waals surface area contributed by atoms with Gasteiger partial charge in [-0.3, -0.25) is 9.59 Å². The third-order valence-electron chi connectivity index (χ3n) is 6.67. The van der Waals surface area contributed by atoms with Gasteiger partial charge >= 0.3 is 5.97 Å². The molecule has 0 fully saturated rings. The van der Waals surface area contributed by atoms with E-state index < -0.39 is 11.9 Å². The number of anilines is 1. The van der Waals surface area contributed by atoms with E-state index in [1.54, 1.807) is 51.1 Å². The van der Waals surface area contributed by atoms with E-state index in [4.69, 9.17) is 9.15 Å². The summed E-state index contributed by atoms with van der Waals surface area (Å²) in [6.07, 6.45) is 0. The average Bonchev–Trinajstić information content (AvgIpc) is 2.93. The van der Waals surface area contributed by atoms with Crippen molar-refractivity contribution >= 4 is 28.5 Å². The van der Waals surface area contributed by atoms with Crippen molar-refractivity contribution in [2.75, 3.05) is 11.9 Å². The predicted octanol–water partition coefficient (Wildman–Crippen LogP) is 5.90. The summed E-state index contributed by atoms with van der Waals surface area (Å²) in [5.74, 6) is -1.20. The van der Waals surface area contributed by atoms with Crippen LogP contribution in [0.4, 0.5) is 5.69 Å². The molecule has 2 N–H and O–H groups in total. The van der Waals surface area contributed by atoms with Crippen LogP contribution in [0.25, 0.3) is 22.3 Å². The molecule has 0 spiro atoms. The van der Waals surface area contributed by atoms with E-state index in [9.17, 15) is 14.4 Å². The molecule has 0 aliphatic carbocycles. The van der Waals surface area contributed by atoms with Crippen molar-refractivity contribution in [1.29, 1.82) is 0 Å². The number of carbonyl (C=O) groups excluding carboxylic acids is 2. The Morgan fingerprint density at radius 1 is 0.897 bits per heavy atom. The Bertz CT molecular complexity index is 1680. The average molecular weight is 521 g/mol. The van der Waals surface area contributed by atoms with E-state index in [0.717, 1.165) is 5.56 Å². The normalized spacial score (nSPS) is 15.2. The fourth-order valence-electron chi connectivity index (χ4n) is 4.93. The second-order valence-corrected chi connectivity index (χ2v) is 9.27. The Hall–Kier alpha value is -4.91. The minimum Gasteiger partial charge on any atom is -0.463 e. The second-order valence-electron chi connectivity index (χ2n) is 9.27. The van der Waals surface area contributed by atoms with Gasteiger partial charge in [0, 0.05) is 34.3 Å². The molecule has 1 aliphatic rings. The summed E-state index contributed by atoms with van der Waals surface area (Å²) < 4.78 is 11.5. The lowest BCUT2D eigenvalue weighted by Crippen LogP contribution is -2.34. The van der Waals surface area contributed by atoms with Crippen LogP contribution in [0.15, 0.2) is 117 Å². The van der Waals surface area contributed by atoms with Crippen molar-refractivity contribution in [3.63, 3.8) is 0 Å². The van der Waals surface area contributed by atoms with Gasteiger partial charge in [-0.1, -0.05) is 54.6 Å². The van der Waals surface area contributed by atoms with Gasteiger partial charge in [0.25, 0.3) is 5.91 Å². The molecule has 0 bridgehead atoms. The molecule has 0 radical (unpaired) electrons. The summed E-state index contributed by atoms with van der Waals surface area (Å²) in [6.45, 7) is 5.48. The van der Waals surface area contributed by atoms with Crippen LogP contribution in [-0.2, 0) is 14.3 Å². The van der Waals surface area contributed by atoms with Crippen LogP contribution in [0, 0.1) is 0 Å². The minimum absolute atomic E-state index is 0.181. The maximum atomic E-state index is 13.7. The maximum absolute atomic E-state index is 13.7. The number of carbonyl (C=O) groups is 2. The molecular weight excluding hydrogens is 492 g/mol. The van der Waals surface area contributed by atoms with Crippen molar-refractivity contribution in [3.8, 4) is 11.3 Å². The number of amides is 1. The molecular formula is C32H28N2O5. The van der Waals surface area contributed by atoms with E-state index in [0.29, 0.717) is 50.5 Å². The number of dihydropyridines is 1. The number of nitrogens with one attached hydrogen (secondary N) is 2. The Morgan fingerprint density at radius 2 is 1.56 bits per heavy atom. The van der Waals surface area contributed by atoms with Crippen molar-refractivity contribution in [2.45, 2.75) is 26.7 Å². The van der Waals surface area contributed by atoms with Gasteiger partial charge in [-0.05, 0) is 50.6 Å². The first-order valence-electron chi connectivity index (χ1n) is 12.7. The van der Waals surface area contributed by atoms with Gasteiger partial charge in [0.2, 0.25) is 0 Å². The van der Waals surface area contributed by atoms with E-state index in [1.807, 2.05) is 48.5 Å². The number of para-hydroxylation sites is 1. The third kappa shape index (κ3) is 5.11. The predicted molar refractivity (Wildman–Crippen MR) is 151 cm³/mol. The topological polar surface area (TPSA) is 97.6 Å². The minimum atomic E-state index is -0.772. The van der Waals surface area contributed by atoms with Gasteiger partial charge in [-0.15, -0.1) is 0 Å². The summed E-state index contributed by atoms with van der Waals surface area (Å²) in [5.41, 5.74) is 4.06. The molecule has 3 aromatic carbocycles. The Morgan fingerprint density at radius 3 is 2.26 bits per heavy atom. The van der Waals surface area contributed by atoms with Crippen LogP contribution in [0.2, 0.25) is 0 Å². The first-order valence-corrected chi connectivity index (χ1v) is 12.7. The zero-order valence-electron chi connectivity index (χ0n) is 21.9. The molecule has 1 atom stereocenters. The molecule has 5 rings (SSSR count). The highest BCUT2D eigenvalue weighted by Gasteiger charge is 2.37. The number of ether oxygens (including phenoxy) is 1. The van der Waals surface area contributed by atoms with Gasteiger partial charge in [-0.25, -0.2) is 4.79 Å². The third-order valence-corrected chi connectivity index (χ3v) is 6.67. The van der Waals surface area contributed by atoms with Crippen molar-refractivity contribution in [3.05, 3.63) is 123 Å². The van der Waals surface area contributed by atoms with Gasteiger partial charge in [0.1, 0.15) is 11.3 Å². The fourth-order valence-corrected chi connectivity index (χ4v) is 4.93. The van der Waals surface area contributed by atoms with E-state index in [-0.39, 0.29) is 17.9 Å². The van der Waals surface area contributed by atoms with Crippen molar-refractivity contribution in [2.24, 2.45) is 0 Å². The fraction of sp³-hybridized carbons (Fsp3) is 0.156. The van der Waals surface area contributed by atoms with Crippen LogP contribution in [0.1, 0.15) is 32.3 Å². The number of allylic oxidation sites excluding steroid dienone is 2. The first kappa shape index (κ1) is 25.7. The maximum Gasteiger partial charge on any atom is 0.336 e. The molecule has 0 saturated heterocycles. The number of rotatable bonds is 6. The first-order chi connectivity index (χ1) is 18.9. The highest BCUT2D eigenvalue weighted by Crippen LogP contribution is 2.40. The standard InChI is InChI=1S/C32H28N2O5/c1-4-38-32(37)29-20(3)33-19(2)28(31(36)34-23-13-9-6-10-14-23)30(29)22-15-16-26-24(17-22)25(35)18-27(39-26)21-11-7-5-8-12-21/h5-18,30,33H,4H2,1-3H3,(H,34,36). The monoisotopic (exact) mass is 520 g/mol. The number of benzene rings is 3. The quantitative estimate of drug-likeness (QED) is 0.308. The van der Waals surface area contributed by atoms with Crippen LogP contribution in [0.3, 0.4) is 0 Å². The molecule has 39 heavy (non-hydrogen) atoms. The molecule has 4 aromatic rings. The molecule has 1 aliphatic heterocycles. The van der Waals surface area contributed by atoms with E-state index in [1.165, 1.54) is 6.07 Å². The zero-order valence-corrected chi connectivity index (χ0v) is 21.9. The number of esters is 1. The van der Waals surface area contributed by atoms with E-state index in [2.05, 4.69) is 10.6 Å². The molecule has 7 heteroatoms. The SMILES string of the molecule is CCOC(=O)C1=C(C)NC(C)=C(C(=O)Nc2ccccc2)C1c1ccc2oc(-c3ccccc3)cc(=O)c2c1. The van der Waals surface area contributed by atoms with Crippen LogP contribution >= 0.6 is 0 Å². The molecule has 1 amide bonds. The van der Waals surface area contributed by atoms with Crippen molar-refractivity contribution < 1.29 is 18.7 Å². The molecule has 196 valence electrons. The summed E-state index contributed by atoms with van der Waals surface area (Å²) in [5, 5.41) is 6.46. The molecule has 7 nitrogen and oxygen atoms in total. The lowest BCUT2D eigenvalue weighted by atomic mass is 9.79. The largest absolute Gasteiger partial charge is 0.463 e. The molecule has 1 unspecified atom stereocenters. The summed E-state index contributed by atoms with van der Waals surface area (Å²) >= 11 is 0. The van der Waals surface area contributed by atoms with Gasteiger partial charge in [0.15, 0.2) is 5.43 Å². The highest BCUT2D eigenvalue weighted by atomic mass is 16.5. The van der Waals surface area contributed by atoms with Gasteiger partial charge < -0.3 is 19.8 Å². The number of fused-ring (bicyclic) bond motifs is 1. The zero-order chi connectivity index (χ0) is 27.5. The highest BCUT2D eigenvalue weighted by molar-refractivity contribution is 6.08. The second kappa shape index (κ2) is 10.8. The van der Waals surface area contributed by atoms with Crippen LogP contribution in [0.5, 0.6) is 0 Å². The lowest BCUT2D eigenvalue weighted by Gasteiger charge is -2.31. The lowest BCUT2D eigenvalue weighted by molar-refractivity contribution is -0.138. The van der Waals surface area contributed by atoms with E-state index >= 15 is 0 Å². The smallest absolute Gasteiger partial charge is 0.336 e. The van der Waals surface area contributed by atoms with Crippen molar-refractivity contribution in [1.82, 2.24) is 5.32 Å². The summed E-state index contributed by atoms with van der Waals surface area (Å²) in [4.78, 5) is 40.1. The Kier molecular flexibility index (Phi) is 7.14. The molecule has 2 heterocycles. The van der Waals surface area contributed by atoms with Crippen LogP contribution in [-0.4, -0.2) is 18.5 Å². The summed E-state index contributed by atoms with van der Waals surface area (Å²) in [7, 11) is 0. The number of hydrogen-bond acceptors (Lipinski definition) is 6. The Labute approximate surface area is 225 Å². The molecule has 0 saturated carbocycles.